The van der Waals surface area contributed by atoms with Gasteiger partial charge in [0.25, 0.3) is 5.91 Å². The molecule has 1 aliphatic heterocycles. The van der Waals surface area contributed by atoms with Gasteiger partial charge in [-0.25, -0.2) is 9.97 Å². The lowest BCUT2D eigenvalue weighted by Gasteiger charge is -2.31. The number of hydrogen-bond donors (Lipinski definition) is 2. The second-order valence-corrected chi connectivity index (χ2v) is 6.09. The van der Waals surface area contributed by atoms with Gasteiger partial charge < -0.3 is 4.90 Å². The molecule has 7 heteroatoms. The Morgan fingerprint density at radius 3 is 2.64 bits per heavy atom. The van der Waals surface area contributed by atoms with Crippen LogP contribution in [0, 0.1) is 12.8 Å². The zero-order valence-corrected chi connectivity index (χ0v) is 14.1. The van der Waals surface area contributed by atoms with Gasteiger partial charge in [0.2, 0.25) is 11.9 Å². The van der Waals surface area contributed by atoms with Gasteiger partial charge in [0, 0.05) is 31.0 Å². The van der Waals surface area contributed by atoms with Crippen LogP contribution in [-0.4, -0.2) is 34.9 Å². The van der Waals surface area contributed by atoms with Gasteiger partial charge in [-0.3, -0.25) is 20.4 Å². The van der Waals surface area contributed by atoms with Crippen molar-refractivity contribution < 1.29 is 9.59 Å². The summed E-state index contributed by atoms with van der Waals surface area (Å²) in [6, 6.07) is 9.01. The maximum atomic E-state index is 12.4. The highest BCUT2D eigenvalue weighted by Gasteiger charge is 2.27. The molecule has 25 heavy (non-hydrogen) atoms. The Morgan fingerprint density at radius 1 is 1.12 bits per heavy atom. The third-order valence-electron chi connectivity index (χ3n) is 4.32. The molecule has 2 heterocycles. The molecule has 1 aliphatic rings. The Bertz CT molecular complexity index is 750. The molecule has 0 aliphatic carbocycles. The van der Waals surface area contributed by atoms with E-state index in [1.165, 1.54) is 0 Å². The third kappa shape index (κ3) is 4.12. The number of anilines is 1. The van der Waals surface area contributed by atoms with Gasteiger partial charge >= 0.3 is 0 Å². The molecule has 7 nitrogen and oxygen atoms in total. The molecule has 0 bridgehead atoms. The Kier molecular flexibility index (Phi) is 5.23. The number of hydrazine groups is 1. The van der Waals surface area contributed by atoms with Gasteiger partial charge in [-0.05, 0) is 37.5 Å². The summed E-state index contributed by atoms with van der Waals surface area (Å²) in [7, 11) is 0. The summed E-state index contributed by atoms with van der Waals surface area (Å²) in [6.45, 7) is 3.22. The largest absolute Gasteiger partial charge is 0.340 e. The number of benzene rings is 1. The maximum Gasteiger partial charge on any atom is 0.269 e. The number of carbonyl (C=O) groups excluding carboxylic acids is 2. The van der Waals surface area contributed by atoms with E-state index in [4.69, 9.17) is 0 Å². The molecule has 0 spiro atoms. The molecule has 3 rings (SSSR count). The molecule has 1 aromatic carbocycles. The van der Waals surface area contributed by atoms with E-state index in [0.717, 1.165) is 24.9 Å². The van der Waals surface area contributed by atoms with E-state index in [0.29, 0.717) is 18.1 Å². The monoisotopic (exact) mass is 339 g/mol. The molecule has 130 valence electrons. The van der Waals surface area contributed by atoms with Gasteiger partial charge in [-0.1, -0.05) is 18.2 Å². The number of amides is 2. The molecule has 2 N–H and O–H groups in total. The normalized spacial score (nSPS) is 17.0. The fraction of sp³-hybridized carbons (Fsp3) is 0.333. The number of piperidine rings is 1. The highest BCUT2D eigenvalue weighted by atomic mass is 16.2. The van der Waals surface area contributed by atoms with Crippen molar-refractivity contribution in [3.8, 4) is 0 Å². The lowest BCUT2D eigenvalue weighted by Crippen LogP contribution is -2.49. The van der Waals surface area contributed by atoms with Crippen LogP contribution in [0.4, 0.5) is 5.95 Å². The molecule has 2 amide bonds. The van der Waals surface area contributed by atoms with Crippen molar-refractivity contribution in [2.24, 2.45) is 5.92 Å². The Labute approximate surface area is 146 Å². The van der Waals surface area contributed by atoms with Crippen molar-refractivity contribution in [2.45, 2.75) is 19.8 Å². The molecule has 1 fully saturated rings. The molecule has 0 saturated carbocycles. The fourth-order valence-electron chi connectivity index (χ4n) is 2.94. The van der Waals surface area contributed by atoms with Gasteiger partial charge in [-0.15, -0.1) is 0 Å². The van der Waals surface area contributed by atoms with E-state index < -0.39 is 0 Å². The summed E-state index contributed by atoms with van der Waals surface area (Å²) in [5, 5.41) is 0. The molecule has 0 unspecified atom stereocenters. The standard InChI is InChI=1S/C18H21N5O2/c1-13-6-2-3-8-15(13)17(25)22-21-16(24)14-7-4-11-23(12-14)18-19-9-5-10-20-18/h2-3,5-6,8-10,14H,4,7,11-12H2,1H3,(H,21,24)(H,22,25)/t14-/m1/s1. The van der Waals surface area contributed by atoms with Crippen LogP contribution in [0.5, 0.6) is 0 Å². The summed E-state index contributed by atoms with van der Waals surface area (Å²) in [5.41, 5.74) is 6.45. The minimum Gasteiger partial charge on any atom is -0.340 e. The topological polar surface area (TPSA) is 87.2 Å². The van der Waals surface area contributed by atoms with Crippen molar-refractivity contribution in [1.82, 2.24) is 20.8 Å². The quantitative estimate of drug-likeness (QED) is 0.827. The maximum absolute atomic E-state index is 12.4. The smallest absolute Gasteiger partial charge is 0.269 e. The highest BCUT2D eigenvalue weighted by molar-refractivity contribution is 5.96. The number of aryl methyl sites for hydroxylation is 1. The lowest BCUT2D eigenvalue weighted by atomic mass is 9.98. The second kappa shape index (κ2) is 7.74. The fourth-order valence-corrected chi connectivity index (χ4v) is 2.94. The van der Waals surface area contributed by atoms with Crippen LogP contribution >= 0.6 is 0 Å². The highest BCUT2D eigenvalue weighted by Crippen LogP contribution is 2.19. The zero-order chi connectivity index (χ0) is 17.6. The Balaban J connectivity index is 1.56. The molecule has 1 atom stereocenters. The molecular formula is C18H21N5O2. The van der Waals surface area contributed by atoms with Crippen molar-refractivity contribution in [3.63, 3.8) is 0 Å². The number of carbonyl (C=O) groups is 2. The van der Waals surface area contributed by atoms with Crippen LogP contribution in [-0.2, 0) is 4.79 Å². The van der Waals surface area contributed by atoms with Gasteiger partial charge in [0.05, 0.1) is 5.92 Å². The number of hydrogen-bond acceptors (Lipinski definition) is 5. The first-order chi connectivity index (χ1) is 12.1. The first kappa shape index (κ1) is 16.9. The molecular weight excluding hydrogens is 318 g/mol. The molecule has 1 saturated heterocycles. The lowest BCUT2D eigenvalue weighted by molar-refractivity contribution is -0.126. The minimum atomic E-state index is -0.314. The van der Waals surface area contributed by atoms with E-state index in [1.54, 1.807) is 30.6 Å². The van der Waals surface area contributed by atoms with E-state index in [9.17, 15) is 9.59 Å². The van der Waals surface area contributed by atoms with Crippen molar-refractivity contribution in [2.75, 3.05) is 18.0 Å². The van der Waals surface area contributed by atoms with Crippen LogP contribution < -0.4 is 15.8 Å². The van der Waals surface area contributed by atoms with Gasteiger partial charge in [0.1, 0.15) is 0 Å². The summed E-state index contributed by atoms with van der Waals surface area (Å²) in [5.74, 6) is -0.0910. The van der Waals surface area contributed by atoms with Crippen LogP contribution in [0.25, 0.3) is 0 Å². The Hall–Kier alpha value is -2.96. The van der Waals surface area contributed by atoms with Crippen LogP contribution in [0.15, 0.2) is 42.7 Å². The average Bonchev–Trinajstić information content (AvgIpc) is 2.67. The second-order valence-electron chi connectivity index (χ2n) is 6.09. The summed E-state index contributed by atoms with van der Waals surface area (Å²) >= 11 is 0. The summed E-state index contributed by atoms with van der Waals surface area (Å²) < 4.78 is 0. The number of aromatic nitrogens is 2. The first-order valence-electron chi connectivity index (χ1n) is 8.33. The van der Waals surface area contributed by atoms with E-state index in [2.05, 4.69) is 20.8 Å². The first-order valence-corrected chi connectivity index (χ1v) is 8.33. The van der Waals surface area contributed by atoms with Crippen molar-refractivity contribution in [1.29, 1.82) is 0 Å². The SMILES string of the molecule is Cc1ccccc1C(=O)NNC(=O)[C@@H]1CCCN(c2ncccn2)C1. The predicted molar refractivity (Wildman–Crippen MR) is 93.8 cm³/mol. The molecule has 2 aromatic rings. The van der Waals surface area contributed by atoms with Gasteiger partial charge in [0.15, 0.2) is 0 Å². The van der Waals surface area contributed by atoms with E-state index in [1.807, 2.05) is 24.0 Å². The summed E-state index contributed by atoms with van der Waals surface area (Å²) in [6.07, 6.45) is 5.03. The summed E-state index contributed by atoms with van der Waals surface area (Å²) in [4.78, 5) is 35.0. The van der Waals surface area contributed by atoms with E-state index >= 15 is 0 Å². The minimum absolute atomic E-state index is 0.192. The third-order valence-corrected chi connectivity index (χ3v) is 4.32. The predicted octanol–water partition coefficient (Wildman–Crippen LogP) is 1.46. The molecule has 0 radical (unpaired) electrons. The van der Waals surface area contributed by atoms with E-state index in [-0.39, 0.29) is 17.7 Å². The van der Waals surface area contributed by atoms with Crippen molar-refractivity contribution >= 4 is 17.8 Å². The van der Waals surface area contributed by atoms with Crippen LogP contribution in [0.2, 0.25) is 0 Å². The number of nitrogens with zero attached hydrogens (tertiary/aromatic N) is 3. The Morgan fingerprint density at radius 2 is 1.88 bits per heavy atom. The zero-order valence-electron chi connectivity index (χ0n) is 14.1. The average molecular weight is 339 g/mol. The van der Waals surface area contributed by atoms with Crippen LogP contribution in [0.1, 0.15) is 28.8 Å². The number of nitrogens with one attached hydrogen (secondary N) is 2. The molecule has 1 aromatic heterocycles. The number of rotatable bonds is 3. The van der Waals surface area contributed by atoms with Crippen LogP contribution in [0.3, 0.4) is 0 Å². The van der Waals surface area contributed by atoms with Gasteiger partial charge in [-0.2, -0.15) is 0 Å². The van der Waals surface area contributed by atoms with Crippen molar-refractivity contribution in [3.05, 3.63) is 53.9 Å².